The molecule has 0 spiro atoms. The van der Waals surface area contributed by atoms with E-state index in [2.05, 4.69) is 6.58 Å². The summed E-state index contributed by atoms with van der Waals surface area (Å²) in [6.45, 7) is 4.65. The maximum atomic E-state index is 11.1. The molecule has 0 amide bonds. The summed E-state index contributed by atoms with van der Waals surface area (Å²) in [6.07, 6.45) is 0. The maximum Gasteiger partial charge on any atom is 0.199 e. The molecule has 0 aliphatic heterocycles. The molecule has 0 heterocycles. The van der Waals surface area contributed by atoms with E-state index in [1.807, 2.05) is 0 Å². The molecular formula is C10H11NO2S. The summed E-state index contributed by atoms with van der Waals surface area (Å²) >= 11 is 0. The van der Waals surface area contributed by atoms with Gasteiger partial charge in [-0.2, -0.15) is 5.26 Å². The Balaban J connectivity index is 0.000000500. The van der Waals surface area contributed by atoms with Gasteiger partial charge in [-0.05, 0) is 12.1 Å². The average Bonchev–Trinajstić information content (AvgIpc) is 2.20. The highest BCUT2D eigenvalue weighted by atomic mass is 32.2. The fraction of sp³-hybridized carbons (Fsp3) is 0.100. The molecule has 0 aliphatic carbocycles. The van der Waals surface area contributed by atoms with Crippen molar-refractivity contribution in [2.24, 2.45) is 0 Å². The monoisotopic (exact) mass is 209 g/mol. The van der Waals surface area contributed by atoms with Crippen molar-refractivity contribution in [3.05, 3.63) is 42.3 Å². The first-order valence-corrected chi connectivity index (χ1v) is 5.36. The number of benzene rings is 1. The second-order valence-corrected chi connectivity index (χ2v) is 4.14. The van der Waals surface area contributed by atoms with Crippen LogP contribution in [-0.4, -0.2) is 8.42 Å². The minimum absolute atomic E-state index is 0.287. The zero-order chi connectivity index (χ0) is 11.0. The van der Waals surface area contributed by atoms with Gasteiger partial charge in [0.1, 0.15) is 0 Å². The van der Waals surface area contributed by atoms with Gasteiger partial charge in [0.05, 0.1) is 11.0 Å². The molecule has 1 rings (SSSR count). The number of rotatable bonds is 2. The first-order chi connectivity index (χ1) is 6.58. The Labute approximate surface area is 84.2 Å². The fourth-order valence-corrected chi connectivity index (χ4v) is 1.44. The molecule has 0 radical (unpaired) electrons. The van der Waals surface area contributed by atoms with Gasteiger partial charge in [0, 0.05) is 12.3 Å². The Hall–Kier alpha value is -1.60. The average molecular weight is 209 g/mol. The van der Waals surface area contributed by atoms with E-state index in [1.54, 1.807) is 24.3 Å². The molecule has 0 bridgehead atoms. The summed E-state index contributed by atoms with van der Waals surface area (Å²) < 4.78 is 22.2. The van der Waals surface area contributed by atoms with E-state index >= 15 is 0 Å². The van der Waals surface area contributed by atoms with Gasteiger partial charge in [0.2, 0.25) is 0 Å². The van der Waals surface area contributed by atoms with Crippen LogP contribution < -0.4 is 0 Å². The zero-order valence-electron chi connectivity index (χ0n) is 7.84. The minimum atomic E-state index is -3.23. The molecule has 0 aliphatic rings. The Bertz CT molecular complexity index is 415. The van der Waals surface area contributed by atoms with Crippen LogP contribution in [0.2, 0.25) is 0 Å². The predicted molar refractivity (Wildman–Crippen MR) is 55.1 cm³/mol. The molecule has 1 aromatic carbocycles. The smallest absolute Gasteiger partial charge is 0.199 e. The van der Waals surface area contributed by atoms with Crippen molar-refractivity contribution in [2.75, 3.05) is 0 Å². The lowest BCUT2D eigenvalue weighted by Crippen LogP contribution is -1.93. The summed E-state index contributed by atoms with van der Waals surface area (Å²) in [6, 6.07) is 9.95. The first kappa shape index (κ1) is 12.4. The Morgan fingerprint density at radius 2 is 1.79 bits per heavy atom. The molecule has 4 heteroatoms. The number of hydrogen-bond acceptors (Lipinski definition) is 3. The second kappa shape index (κ2) is 5.95. The van der Waals surface area contributed by atoms with Crippen LogP contribution in [0.15, 0.2) is 47.2 Å². The lowest BCUT2D eigenvalue weighted by Gasteiger charge is -1.95. The maximum absolute atomic E-state index is 11.1. The van der Waals surface area contributed by atoms with E-state index in [9.17, 15) is 8.42 Å². The molecular weight excluding hydrogens is 198 g/mol. The highest BCUT2D eigenvalue weighted by Crippen LogP contribution is 2.09. The van der Waals surface area contributed by atoms with E-state index in [4.69, 9.17) is 5.26 Å². The van der Waals surface area contributed by atoms with Crippen molar-refractivity contribution in [3.63, 3.8) is 0 Å². The summed E-state index contributed by atoms with van der Waals surface area (Å²) in [4.78, 5) is 0.287. The van der Waals surface area contributed by atoms with E-state index in [0.717, 1.165) is 5.41 Å². The molecule has 0 atom stereocenters. The molecule has 0 N–H and O–H groups in total. The van der Waals surface area contributed by atoms with E-state index in [1.165, 1.54) is 19.1 Å². The Morgan fingerprint density at radius 3 is 2.14 bits per heavy atom. The predicted octanol–water partition coefficient (Wildman–Crippen LogP) is 2.13. The normalized spacial score (nSPS) is 9.14. The third kappa shape index (κ3) is 3.87. The van der Waals surface area contributed by atoms with Crippen LogP contribution in [0.4, 0.5) is 0 Å². The van der Waals surface area contributed by atoms with Crippen LogP contribution in [0.25, 0.3) is 0 Å². The minimum Gasteiger partial charge on any atom is -0.219 e. The van der Waals surface area contributed by atoms with Crippen molar-refractivity contribution < 1.29 is 8.42 Å². The highest BCUT2D eigenvalue weighted by molar-refractivity contribution is 7.94. The van der Waals surface area contributed by atoms with Crippen molar-refractivity contribution in [3.8, 4) is 6.07 Å². The number of nitriles is 1. The van der Waals surface area contributed by atoms with Gasteiger partial charge in [0.25, 0.3) is 0 Å². The van der Waals surface area contributed by atoms with Crippen LogP contribution in [0.1, 0.15) is 6.92 Å². The molecule has 3 nitrogen and oxygen atoms in total. The van der Waals surface area contributed by atoms with Crippen molar-refractivity contribution in [1.82, 2.24) is 0 Å². The third-order valence-electron chi connectivity index (χ3n) is 1.29. The quantitative estimate of drug-likeness (QED) is 0.749. The summed E-state index contributed by atoms with van der Waals surface area (Å²) in [7, 11) is -3.23. The van der Waals surface area contributed by atoms with Gasteiger partial charge in [-0.1, -0.05) is 24.8 Å². The van der Waals surface area contributed by atoms with Gasteiger partial charge < -0.3 is 0 Å². The van der Waals surface area contributed by atoms with Crippen molar-refractivity contribution in [1.29, 1.82) is 5.26 Å². The van der Waals surface area contributed by atoms with E-state index < -0.39 is 9.84 Å². The summed E-state index contributed by atoms with van der Waals surface area (Å²) in [5.41, 5.74) is 0. The molecule has 0 aromatic heterocycles. The summed E-state index contributed by atoms with van der Waals surface area (Å²) in [5, 5.41) is 8.27. The van der Waals surface area contributed by atoms with Crippen LogP contribution in [0.5, 0.6) is 0 Å². The Kier molecular flexibility index (Phi) is 5.27. The van der Waals surface area contributed by atoms with Gasteiger partial charge in [-0.3, -0.25) is 0 Å². The van der Waals surface area contributed by atoms with E-state index in [0.29, 0.717) is 0 Å². The van der Waals surface area contributed by atoms with Gasteiger partial charge >= 0.3 is 0 Å². The third-order valence-corrected chi connectivity index (χ3v) is 2.66. The number of sulfone groups is 1. The Morgan fingerprint density at radius 1 is 1.36 bits per heavy atom. The molecule has 0 unspecified atom stereocenters. The van der Waals surface area contributed by atoms with Crippen molar-refractivity contribution in [2.45, 2.75) is 11.8 Å². The molecule has 74 valence electrons. The van der Waals surface area contributed by atoms with Crippen LogP contribution in [-0.2, 0) is 9.84 Å². The lowest BCUT2D eigenvalue weighted by atomic mass is 10.4. The number of hydrogen-bond donors (Lipinski definition) is 0. The summed E-state index contributed by atoms with van der Waals surface area (Å²) in [5.74, 6) is 0. The largest absolute Gasteiger partial charge is 0.219 e. The topological polar surface area (TPSA) is 57.9 Å². The van der Waals surface area contributed by atoms with Crippen molar-refractivity contribution >= 4 is 9.84 Å². The lowest BCUT2D eigenvalue weighted by molar-refractivity contribution is 0.604. The SMILES string of the molecule is C=CS(=O)(=O)c1ccccc1.CC#N. The van der Waals surface area contributed by atoms with Crippen LogP contribution in [0, 0.1) is 11.3 Å². The first-order valence-electron chi connectivity index (χ1n) is 3.82. The van der Waals surface area contributed by atoms with Gasteiger partial charge in [-0.25, -0.2) is 8.42 Å². The van der Waals surface area contributed by atoms with Crippen LogP contribution in [0.3, 0.4) is 0 Å². The molecule has 1 aromatic rings. The van der Waals surface area contributed by atoms with E-state index in [-0.39, 0.29) is 4.90 Å². The zero-order valence-corrected chi connectivity index (χ0v) is 8.66. The molecule has 14 heavy (non-hydrogen) atoms. The van der Waals surface area contributed by atoms with Gasteiger partial charge in [-0.15, -0.1) is 0 Å². The van der Waals surface area contributed by atoms with Gasteiger partial charge in [0.15, 0.2) is 9.84 Å². The molecule has 0 saturated heterocycles. The second-order valence-electron chi connectivity index (χ2n) is 2.25. The standard InChI is InChI=1S/C8H8O2S.C2H3N/c1-2-11(9,10)8-6-4-3-5-7-8;1-2-3/h2-7H,1H2;1H3. The number of nitrogens with zero attached hydrogens (tertiary/aromatic N) is 1. The highest BCUT2D eigenvalue weighted by Gasteiger charge is 2.06. The fourth-order valence-electron chi connectivity index (χ4n) is 0.706. The molecule has 0 fully saturated rings. The van der Waals surface area contributed by atoms with Crippen LogP contribution >= 0.6 is 0 Å². The molecule has 0 saturated carbocycles.